The van der Waals surface area contributed by atoms with Gasteiger partial charge in [-0.05, 0) is 31.1 Å². The Labute approximate surface area is 90.9 Å². The summed E-state index contributed by atoms with van der Waals surface area (Å²) in [5.41, 5.74) is 0. The zero-order valence-electron chi connectivity index (χ0n) is 9.12. The minimum Gasteiger partial charge on any atom is -0.365 e. The van der Waals surface area contributed by atoms with Gasteiger partial charge in [0.2, 0.25) is 0 Å². The molecule has 1 fully saturated rings. The predicted octanol–water partition coefficient (Wildman–Crippen LogP) is 2.50. The van der Waals surface area contributed by atoms with E-state index < -0.39 is 0 Å². The molecule has 0 spiro atoms. The molecule has 0 aromatic carbocycles. The van der Waals surface area contributed by atoms with Gasteiger partial charge in [0, 0.05) is 11.8 Å². The summed E-state index contributed by atoms with van der Waals surface area (Å²) >= 11 is 1.92. The summed E-state index contributed by atoms with van der Waals surface area (Å²) in [6, 6.07) is 0. The summed E-state index contributed by atoms with van der Waals surface area (Å²) < 4.78 is 0. The summed E-state index contributed by atoms with van der Waals surface area (Å²) in [6.45, 7) is 6.72. The molecule has 1 aliphatic heterocycles. The maximum absolute atomic E-state index is 4.51. The van der Waals surface area contributed by atoms with Crippen molar-refractivity contribution >= 4 is 16.9 Å². The van der Waals surface area contributed by atoms with Crippen LogP contribution in [-0.2, 0) is 0 Å². The SMILES string of the molecule is CCC1CN=C(NCC(C)C2CC2)S1. The molecule has 1 saturated carbocycles. The van der Waals surface area contributed by atoms with Gasteiger partial charge in [0.15, 0.2) is 5.17 Å². The first-order chi connectivity index (χ1) is 6.79. The van der Waals surface area contributed by atoms with Gasteiger partial charge < -0.3 is 5.32 Å². The van der Waals surface area contributed by atoms with Crippen molar-refractivity contribution in [2.75, 3.05) is 13.1 Å². The van der Waals surface area contributed by atoms with Crippen LogP contribution >= 0.6 is 11.8 Å². The average molecular weight is 212 g/mol. The Balaban J connectivity index is 1.66. The molecule has 2 unspecified atom stereocenters. The molecule has 2 aliphatic rings. The number of amidine groups is 1. The third kappa shape index (κ3) is 2.66. The van der Waals surface area contributed by atoms with Crippen LogP contribution in [0.1, 0.15) is 33.1 Å². The summed E-state index contributed by atoms with van der Waals surface area (Å²) in [5.74, 6) is 1.83. The fourth-order valence-corrected chi connectivity index (χ4v) is 2.75. The Hall–Kier alpha value is -0.180. The molecule has 0 aromatic rings. The van der Waals surface area contributed by atoms with Crippen molar-refractivity contribution < 1.29 is 0 Å². The Kier molecular flexibility index (Phi) is 3.37. The Morgan fingerprint density at radius 2 is 2.36 bits per heavy atom. The van der Waals surface area contributed by atoms with Crippen LogP contribution < -0.4 is 5.32 Å². The molecule has 1 N–H and O–H groups in total. The molecule has 14 heavy (non-hydrogen) atoms. The van der Waals surface area contributed by atoms with Crippen molar-refractivity contribution in [1.29, 1.82) is 0 Å². The minimum atomic E-state index is 0.730. The lowest BCUT2D eigenvalue weighted by molar-refractivity contribution is 0.501. The van der Waals surface area contributed by atoms with E-state index in [2.05, 4.69) is 24.2 Å². The van der Waals surface area contributed by atoms with Crippen molar-refractivity contribution in [3.63, 3.8) is 0 Å². The second kappa shape index (κ2) is 4.56. The molecular formula is C11H20N2S. The number of hydrogen-bond donors (Lipinski definition) is 1. The molecule has 1 heterocycles. The molecule has 80 valence electrons. The van der Waals surface area contributed by atoms with Gasteiger partial charge in [0.25, 0.3) is 0 Å². The summed E-state index contributed by atoms with van der Waals surface area (Å²) in [5, 5.41) is 5.39. The predicted molar refractivity (Wildman–Crippen MR) is 63.9 cm³/mol. The van der Waals surface area contributed by atoms with Crippen molar-refractivity contribution in [2.24, 2.45) is 16.8 Å². The number of thioether (sulfide) groups is 1. The third-order valence-electron chi connectivity index (χ3n) is 3.17. The second-order valence-corrected chi connectivity index (χ2v) is 5.78. The van der Waals surface area contributed by atoms with E-state index in [1.54, 1.807) is 0 Å². The van der Waals surface area contributed by atoms with Gasteiger partial charge in [-0.25, -0.2) is 0 Å². The highest BCUT2D eigenvalue weighted by Crippen LogP contribution is 2.36. The highest BCUT2D eigenvalue weighted by molar-refractivity contribution is 8.14. The average Bonchev–Trinajstić information content (AvgIpc) is 2.94. The molecule has 1 aliphatic carbocycles. The lowest BCUT2D eigenvalue weighted by Gasteiger charge is -2.12. The van der Waals surface area contributed by atoms with Crippen LogP contribution in [0.2, 0.25) is 0 Å². The first-order valence-electron chi connectivity index (χ1n) is 5.74. The lowest BCUT2D eigenvalue weighted by Crippen LogP contribution is -2.26. The molecule has 2 nitrogen and oxygen atoms in total. The van der Waals surface area contributed by atoms with Gasteiger partial charge in [0.1, 0.15) is 0 Å². The maximum atomic E-state index is 4.51. The van der Waals surface area contributed by atoms with Crippen LogP contribution in [0.25, 0.3) is 0 Å². The Morgan fingerprint density at radius 1 is 1.57 bits per heavy atom. The van der Waals surface area contributed by atoms with Crippen LogP contribution in [0.3, 0.4) is 0 Å². The normalized spacial score (nSPS) is 28.7. The third-order valence-corrected chi connectivity index (χ3v) is 4.49. The standard InChI is InChI=1S/C11H20N2S/c1-3-10-7-13-11(14-10)12-6-8(2)9-4-5-9/h8-10H,3-7H2,1-2H3,(H,12,13). The quantitative estimate of drug-likeness (QED) is 0.774. The fourth-order valence-electron chi connectivity index (χ4n) is 1.81. The highest BCUT2D eigenvalue weighted by Gasteiger charge is 2.28. The molecule has 0 aromatic heterocycles. The van der Waals surface area contributed by atoms with E-state index >= 15 is 0 Å². The number of aliphatic imine (C=N–C) groups is 1. The van der Waals surface area contributed by atoms with Crippen molar-refractivity contribution in [3.05, 3.63) is 0 Å². The van der Waals surface area contributed by atoms with E-state index in [9.17, 15) is 0 Å². The smallest absolute Gasteiger partial charge is 0.156 e. The lowest BCUT2D eigenvalue weighted by atomic mass is 10.1. The molecule has 2 rings (SSSR count). The van der Waals surface area contributed by atoms with Crippen LogP contribution in [0, 0.1) is 11.8 Å². The van der Waals surface area contributed by atoms with Gasteiger partial charge in [-0.15, -0.1) is 0 Å². The van der Waals surface area contributed by atoms with Crippen LogP contribution in [0.5, 0.6) is 0 Å². The van der Waals surface area contributed by atoms with Gasteiger partial charge >= 0.3 is 0 Å². The van der Waals surface area contributed by atoms with Crippen molar-refractivity contribution in [3.8, 4) is 0 Å². The van der Waals surface area contributed by atoms with Crippen LogP contribution in [0.4, 0.5) is 0 Å². The topological polar surface area (TPSA) is 24.4 Å². The summed E-state index contributed by atoms with van der Waals surface area (Å²) in [4.78, 5) is 4.51. The largest absolute Gasteiger partial charge is 0.365 e. The van der Waals surface area contributed by atoms with Crippen molar-refractivity contribution in [2.45, 2.75) is 38.4 Å². The zero-order valence-corrected chi connectivity index (χ0v) is 9.94. The molecular weight excluding hydrogens is 192 g/mol. The van der Waals surface area contributed by atoms with E-state index in [1.807, 2.05) is 11.8 Å². The second-order valence-electron chi connectivity index (χ2n) is 4.49. The van der Waals surface area contributed by atoms with Gasteiger partial charge in [-0.3, -0.25) is 4.99 Å². The van der Waals surface area contributed by atoms with E-state index in [0.29, 0.717) is 0 Å². The molecule has 0 saturated heterocycles. The zero-order chi connectivity index (χ0) is 9.97. The van der Waals surface area contributed by atoms with E-state index in [-0.39, 0.29) is 0 Å². The molecule has 0 radical (unpaired) electrons. The monoisotopic (exact) mass is 212 g/mol. The maximum Gasteiger partial charge on any atom is 0.156 e. The van der Waals surface area contributed by atoms with E-state index in [4.69, 9.17) is 0 Å². The van der Waals surface area contributed by atoms with Crippen molar-refractivity contribution in [1.82, 2.24) is 5.32 Å². The first kappa shape index (κ1) is 10.3. The number of nitrogens with one attached hydrogen (secondary N) is 1. The molecule has 0 bridgehead atoms. The molecule has 3 heteroatoms. The van der Waals surface area contributed by atoms with Gasteiger partial charge in [-0.1, -0.05) is 25.6 Å². The Morgan fingerprint density at radius 3 is 2.93 bits per heavy atom. The summed E-state index contributed by atoms with van der Waals surface area (Å²) in [7, 11) is 0. The molecule has 0 amide bonds. The number of rotatable bonds is 4. The van der Waals surface area contributed by atoms with E-state index in [1.165, 1.54) is 24.4 Å². The van der Waals surface area contributed by atoms with Crippen LogP contribution in [-0.4, -0.2) is 23.5 Å². The van der Waals surface area contributed by atoms with E-state index in [0.717, 1.165) is 30.2 Å². The number of hydrogen-bond acceptors (Lipinski definition) is 3. The number of nitrogens with zero attached hydrogens (tertiary/aromatic N) is 1. The minimum absolute atomic E-state index is 0.730. The van der Waals surface area contributed by atoms with Gasteiger partial charge in [0.05, 0.1) is 6.54 Å². The van der Waals surface area contributed by atoms with Gasteiger partial charge in [-0.2, -0.15) is 0 Å². The first-order valence-corrected chi connectivity index (χ1v) is 6.62. The fraction of sp³-hybridized carbons (Fsp3) is 0.909. The van der Waals surface area contributed by atoms with Crippen LogP contribution in [0.15, 0.2) is 4.99 Å². The molecule has 2 atom stereocenters. The summed E-state index contributed by atoms with van der Waals surface area (Å²) in [6.07, 6.45) is 4.12. The Bertz CT molecular complexity index is 223. The highest BCUT2D eigenvalue weighted by atomic mass is 32.2.